The Kier molecular flexibility index (Phi) is 10.7. The average Bonchev–Trinajstić information content (AvgIpc) is 2.34. The number of ether oxygens (including phenoxy) is 1. The summed E-state index contributed by atoms with van der Waals surface area (Å²) in [6.45, 7) is 9.88. The number of para-hydroxylation sites is 1. The molecule has 0 aromatic heterocycles. The SMILES string of the molecule is CC.CC.CCOc1ccccc1C(F)(F)F. The molecule has 1 aromatic carbocycles. The van der Waals surface area contributed by atoms with Crippen LogP contribution in [0.2, 0.25) is 0 Å². The minimum atomic E-state index is -4.34. The maximum atomic E-state index is 12.3. The highest BCUT2D eigenvalue weighted by molar-refractivity contribution is 5.35. The summed E-state index contributed by atoms with van der Waals surface area (Å²) in [5, 5.41) is 0. The third-order valence-corrected chi connectivity index (χ3v) is 1.49. The summed E-state index contributed by atoms with van der Waals surface area (Å²) >= 11 is 0. The molecular weight excluding hydrogens is 229 g/mol. The molecule has 4 heteroatoms. The van der Waals surface area contributed by atoms with Gasteiger partial charge in [-0.3, -0.25) is 0 Å². The molecule has 0 aliphatic rings. The quantitative estimate of drug-likeness (QED) is 0.704. The Balaban J connectivity index is 0. The smallest absolute Gasteiger partial charge is 0.419 e. The van der Waals surface area contributed by atoms with E-state index in [0.717, 1.165) is 6.07 Å². The summed E-state index contributed by atoms with van der Waals surface area (Å²) in [7, 11) is 0. The summed E-state index contributed by atoms with van der Waals surface area (Å²) in [5.41, 5.74) is -0.725. The van der Waals surface area contributed by atoms with Crippen LogP contribution < -0.4 is 4.74 Å². The van der Waals surface area contributed by atoms with E-state index in [2.05, 4.69) is 0 Å². The number of hydrogen-bond acceptors (Lipinski definition) is 1. The Morgan fingerprint density at radius 3 is 1.88 bits per heavy atom. The first-order valence-corrected chi connectivity index (χ1v) is 5.84. The number of benzene rings is 1. The van der Waals surface area contributed by atoms with E-state index in [4.69, 9.17) is 4.74 Å². The second kappa shape index (κ2) is 10.00. The summed E-state index contributed by atoms with van der Waals surface area (Å²) < 4.78 is 41.7. The van der Waals surface area contributed by atoms with Gasteiger partial charge >= 0.3 is 6.18 Å². The molecule has 0 aliphatic carbocycles. The summed E-state index contributed by atoms with van der Waals surface area (Å²) in [5.74, 6) is -0.113. The highest BCUT2D eigenvalue weighted by Crippen LogP contribution is 2.35. The van der Waals surface area contributed by atoms with Gasteiger partial charge < -0.3 is 4.74 Å². The zero-order valence-corrected chi connectivity index (χ0v) is 11.1. The molecule has 1 aromatic rings. The lowest BCUT2D eigenvalue weighted by Crippen LogP contribution is -2.08. The maximum absolute atomic E-state index is 12.3. The van der Waals surface area contributed by atoms with Crippen molar-refractivity contribution in [2.45, 2.75) is 40.8 Å². The van der Waals surface area contributed by atoms with E-state index in [9.17, 15) is 13.2 Å². The van der Waals surface area contributed by atoms with Crippen molar-refractivity contribution < 1.29 is 17.9 Å². The van der Waals surface area contributed by atoms with Crippen molar-refractivity contribution in [3.63, 3.8) is 0 Å². The van der Waals surface area contributed by atoms with Gasteiger partial charge in [0.15, 0.2) is 0 Å². The van der Waals surface area contributed by atoms with Gasteiger partial charge in [-0.1, -0.05) is 39.8 Å². The van der Waals surface area contributed by atoms with Crippen LogP contribution in [0.5, 0.6) is 5.75 Å². The average molecular weight is 250 g/mol. The first kappa shape index (κ1) is 18.2. The summed E-state index contributed by atoms with van der Waals surface area (Å²) in [6.07, 6.45) is -4.34. The van der Waals surface area contributed by atoms with Crippen molar-refractivity contribution in [1.82, 2.24) is 0 Å². The Morgan fingerprint density at radius 1 is 1.00 bits per heavy atom. The molecule has 17 heavy (non-hydrogen) atoms. The van der Waals surface area contributed by atoms with E-state index < -0.39 is 11.7 Å². The van der Waals surface area contributed by atoms with Gasteiger partial charge in [0.2, 0.25) is 0 Å². The first-order chi connectivity index (χ1) is 8.05. The lowest BCUT2D eigenvalue weighted by Gasteiger charge is -2.11. The minimum absolute atomic E-state index is 0.113. The van der Waals surface area contributed by atoms with Crippen LogP contribution in [-0.2, 0) is 6.18 Å². The second-order valence-corrected chi connectivity index (χ2v) is 2.43. The van der Waals surface area contributed by atoms with E-state index in [1.165, 1.54) is 18.2 Å². The molecule has 0 aliphatic heterocycles. The number of hydrogen-bond donors (Lipinski definition) is 0. The standard InChI is InChI=1S/C9H9F3O.2C2H6/c1-2-13-8-6-4-3-5-7(8)9(10,11)12;2*1-2/h3-6H,2H2,1H3;2*1-2H3. The largest absolute Gasteiger partial charge is 0.493 e. The Bertz CT molecular complexity index is 282. The fourth-order valence-electron chi connectivity index (χ4n) is 0.982. The summed E-state index contributed by atoms with van der Waals surface area (Å²) in [6, 6.07) is 5.17. The van der Waals surface area contributed by atoms with Crippen molar-refractivity contribution in [3.05, 3.63) is 29.8 Å². The van der Waals surface area contributed by atoms with Crippen LogP contribution in [0, 0.1) is 0 Å². The van der Waals surface area contributed by atoms with E-state index in [-0.39, 0.29) is 12.4 Å². The molecule has 1 rings (SSSR count). The predicted molar refractivity (Wildman–Crippen MR) is 65.3 cm³/mol. The van der Waals surface area contributed by atoms with Gasteiger partial charge in [0.25, 0.3) is 0 Å². The van der Waals surface area contributed by atoms with Crippen molar-refractivity contribution in [3.8, 4) is 5.75 Å². The maximum Gasteiger partial charge on any atom is 0.419 e. The predicted octanol–water partition coefficient (Wildman–Crippen LogP) is 5.16. The zero-order chi connectivity index (χ0) is 13.9. The highest BCUT2D eigenvalue weighted by atomic mass is 19.4. The molecule has 0 bridgehead atoms. The topological polar surface area (TPSA) is 9.23 Å². The minimum Gasteiger partial charge on any atom is -0.493 e. The van der Waals surface area contributed by atoms with Crippen molar-refractivity contribution >= 4 is 0 Å². The van der Waals surface area contributed by atoms with Gasteiger partial charge in [-0.25, -0.2) is 0 Å². The van der Waals surface area contributed by atoms with Gasteiger partial charge in [0.1, 0.15) is 5.75 Å². The molecule has 0 fully saturated rings. The van der Waals surface area contributed by atoms with Crippen LogP contribution >= 0.6 is 0 Å². The molecule has 0 atom stereocenters. The monoisotopic (exact) mass is 250 g/mol. The lowest BCUT2D eigenvalue weighted by molar-refractivity contribution is -0.138. The molecule has 0 radical (unpaired) electrons. The van der Waals surface area contributed by atoms with Gasteiger partial charge in [0, 0.05) is 0 Å². The normalized spacial score (nSPS) is 9.41. The van der Waals surface area contributed by atoms with Crippen molar-refractivity contribution in [1.29, 1.82) is 0 Å². The fraction of sp³-hybridized carbons (Fsp3) is 0.538. The van der Waals surface area contributed by atoms with Crippen LogP contribution in [0.4, 0.5) is 13.2 Å². The highest BCUT2D eigenvalue weighted by Gasteiger charge is 2.33. The van der Waals surface area contributed by atoms with E-state index >= 15 is 0 Å². The molecule has 0 saturated carbocycles. The number of rotatable bonds is 2. The van der Waals surface area contributed by atoms with Crippen LogP contribution in [0.25, 0.3) is 0 Å². The Morgan fingerprint density at radius 2 is 1.47 bits per heavy atom. The van der Waals surface area contributed by atoms with Gasteiger partial charge in [-0.15, -0.1) is 0 Å². The Labute approximate surface area is 102 Å². The lowest BCUT2D eigenvalue weighted by atomic mass is 10.2. The van der Waals surface area contributed by atoms with Gasteiger partial charge in [-0.05, 0) is 19.1 Å². The molecule has 100 valence electrons. The molecule has 0 N–H and O–H groups in total. The first-order valence-electron chi connectivity index (χ1n) is 5.84. The second-order valence-electron chi connectivity index (χ2n) is 2.43. The summed E-state index contributed by atoms with van der Waals surface area (Å²) in [4.78, 5) is 0. The molecule has 0 amide bonds. The fourth-order valence-corrected chi connectivity index (χ4v) is 0.982. The Hall–Kier alpha value is -1.19. The van der Waals surface area contributed by atoms with E-state index in [0.29, 0.717) is 0 Å². The zero-order valence-electron chi connectivity index (χ0n) is 11.1. The van der Waals surface area contributed by atoms with Crippen LogP contribution in [0.1, 0.15) is 40.2 Å². The van der Waals surface area contributed by atoms with Crippen molar-refractivity contribution in [2.75, 3.05) is 6.61 Å². The van der Waals surface area contributed by atoms with Crippen molar-refractivity contribution in [2.24, 2.45) is 0 Å². The third-order valence-electron chi connectivity index (χ3n) is 1.49. The number of alkyl halides is 3. The molecule has 0 unspecified atom stereocenters. The molecule has 0 spiro atoms. The molecule has 0 saturated heterocycles. The molecular formula is C13H21F3O. The van der Waals surface area contributed by atoms with E-state index in [1.807, 2.05) is 27.7 Å². The van der Waals surface area contributed by atoms with Crippen LogP contribution in [-0.4, -0.2) is 6.61 Å². The van der Waals surface area contributed by atoms with Crippen LogP contribution in [0.15, 0.2) is 24.3 Å². The molecule has 0 heterocycles. The molecule has 1 nitrogen and oxygen atoms in total. The van der Waals surface area contributed by atoms with Gasteiger partial charge in [0.05, 0.1) is 12.2 Å². The third kappa shape index (κ3) is 6.87. The van der Waals surface area contributed by atoms with Crippen LogP contribution in [0.3, 0.4) is 0 Å². The van der Waals surface area contributed by atoms with E-state index in [1.54, 1.807) is 6.92 Å². The van der Waals surface area contributed by atoms with Gasteiger partial charge in [-0.2, -0.15) is 13.2 Å². The number of halogens is 3.